The van der Waals surface area contributed by atoms with Gasteiger partial charge < -0.3 is 9.47 Å². The van der Waals surface area contributed by atoms with E-state index in [2.05, 4.69) is 20.8 Å². The van der Waals surface area contributed by atoms with Gasteiger partial charge in [0.25, 0.3) is 0 Å². The second-order valence-corrected chi connectivity index (χ2v) is 5.97. The van der Waals surface area contributed by atoms with Crippen LogP contribution in [0, 0.1) is 0 Å². The first kappa shape index (κ1) is 18.0. The summed E-state index contributed by atoms with van der Waals surface area (Å²) >= 11 is 0. The molecule has 0 saturated carbocycles. The zero-order valence-electron chi connectivity index (χ0n) is 14.2. The van der Waals surface area contributed by atoms with E-state index in [1.165, 1.54) is 11.8 Å². The van der Waals surface area contributed by atoms with Crippen molar-refractivity contribution in [1.29, 1.82) is 0 Å². The number of amides is 1. The van der Waals surface area contributed by atoms with Crippen LogP contribution in [0.2, 0.25) is 0 Å². The van der Waals surface area contributed by atoms with Crippen molar-refractivity contribution < 1.29 is 19.1 Å². The van der Waals surface area contributed by atoms with Gasteiger partial charge in [-0.2, -0.15) is 0 Å². The summed E-state index contributed by atoms with van der Waals surface area (Å²) < 4.78 is 10.3. The lowest BCUT2D eigenvalue weighted by atomic mass is 9.86. The van der Waals surface area contributed by atoms with Crippen LogP contribution in [-0.2, 0) is 14.9 Å². The second-order valence-electron chi connectivity index (χ2n) is 5.97. The smallest absolute Gasteiger partial charge is 0.414 e. The molecule has 0 bridgehead atoms. The first-order valence-electron chi connectivity index (χ1n) is 7.47. The molecule has 5 heteroatoms. The molecule has 1 amide bonds. The predicted molar refractivity (Wildman–Crippen MR) is 86.5 cm³/mol. The number of anilines is 1. The number of nitrogens with zero attached hydrogens (tertiary/aromatic N) is 1. The van der Waals surface area contributed by atoms with Gasteiger partial charge in [-0.1, -0.05) is 26.8 Å². The summed E-state index contributed by atoms with van der Waals surface area (Å²) in [5, 5.41) is 0. The monoisotopic (exact) mass is 307 g/mol. The molecule has 0 aliphatic rings. The minimum absolute atomic E-state index is 0.0857. The topological polar surface area (TPSA) is 55.8 Å². The third kappa shape index (κ3) is 4.48. The van der Waals surface area contributed by atoms with Crippen LogP contribution in [0.4, 0.5) is 10.5 Å². The fourth-order valence-corrected chi connectivity index (χ4v) is 2.04. The molecule has 0 aliphatic carbocycles. The van der Waals surface area contributed by atoms with Crippen molar-refractivity contribution in [2.24, 2.45) is 0 Å². The third-order valence-corrected chi connectivity index (χ3v) is 3.17. The molecule has 0 radical (unpaired) electrons. The maximum absolute atomic E-state index is 12.1. The van der Waals surface area contributed by atoms with Crippen LogP contribution in [0.5, 0.6) is 5.75 Å². The predicted octanol–water partition coefficient (Wildman–Crippen LogP) is 3.89. The normalized spacial score (nSPS) is 11.0. The van der Waals surface area contributed by atoms with Gasteiger partial charge in [0.05, 0.1) is 12.3 Å². The van der Waals surface area contributed by atoms with Crippen LogP contribution >= 0.6 is 0 Å². The first-order valence-corrected chi connectivity index (χ1v) is 7.47. The molecule has 1 rings (SSSR count). The van der Waals surface area contributed by atoms with Crippen LogP contribution in [0.25, 0.3) is 0 Å². The molecule has 0 spiro atoms. The molecule has 0 atom stereocenters. The maximum Gasteiger partial charge on any atom is 0.414 e. The lowest BCUT2D eigenvalue weighted by Gasteiger charge is -2.26. The lowest BCUT2D eigenvalue weighted by molar-refractivity contribution is -0.131. The highest BCUT2D eigenvalue weighted by molar-refractivity contribution is 5.90. The van der Waals surface area contributed by atoms with Gasteiger partial charge in [-0.25, -0.2) is 4.79 Å². The number of hydrogen-bond acceptors (Lipinski definition) is 4. The summed E-state index contributed by atoms with van der Waals surface area (Å²) in [6.07, 6.45) is -0.454. The summed E-state index contributed by atoms with van der Waals surface area (Å²) in [7, 11) is 0. The average Bonchev–Trinajstić information content (AvgIpc) is 2.39. The van der Waals surface area contributed by atoms with Crippen LogP contribution in [0.3, 0.4) is 0 Å². The van der Waals surface area contributed by atoms with Crippen molar-refractivity contribution in [2.45, 2.75) is 47.0 Å². The number of carbonyl (C=O) groups excluding carboxylic acids is 2. The van der Waals surface area contributed by atoms with E-state index >= 15 is 0 Å². The van der Waals surface area contributed by atoms with Crippen molar-refractivity contribution in [2.75, 3.05) is 18.1 Å². The summed E-state index contributed by atoms with van der Waals surface area (Å²) in [5.41, 5.74) is 1.50. The molecule has 1 aromatic rings. The maximum atomic E-state index is 12.1. The zero-order chi connectivity index (χ0) is 16.9. The first-order chi connectivity index (χ1) is 10.2. The minimum atomic E-state index is -0.454. The van der Waals surface area contributed by atoms with E-state index < -0.39 is 12.1 Å². The minimum Gasteiger partial charge on any atom is -0.449 e. The number of esters is 1. The standard InChI is InChI=1S/C17H25NO4/c1-7-18(16(20)21-8-2)14-11-13(17(4,5)6)9-10-15(14)22-12(3)19/h9-11H,7-8H2,1-6H3. The van der Waals surface area contributed by atoms with Gasteiger partial charge in [0.1, 0.15) is 0 Å². The Kier molecular flexibility index (Phi) is 5.97. The van der Waals surface area contributed by atoms with Crippen molar-refractivity contribution >= 4 is 17.7 Å². The molecule has 0 aromatic heterocycles. The van der Waals surface area contributed by atoms with Crippen molar-refractivity contribution in [3.63, 3.8) is 0 Å². The van der Waals surface area contributed by atoms with E-state index in [-0.39, 0.29) is 12.0 Å². The van der Waals surface area contributed by atoms with E-state index in [0.717, 1.165) is 5.56 Å². The number of hydrogen-bond donors (Lipinski definition) is 0. The molecule has 0 unspecified atom stereocenters. The van der Waals surface area contributed by atoms with Gasteiger partial charge in [0, 0.05) is 13.5 Å². The number of carbonyl (C=O) groups is 2. The van der Waals surface area contributed by atoms with E-state index in [4.69, 9.17) is 9.47 Å². The summed E-state index contributed by atoms with van der Waals surface area (Å²) in [4.78, 5) is 24.9. The Morgan fingerprint density at radius 2 is 1.82 bits per heavy atom. The molecule has 1 aromatic carbocycles. The molecule has 0 N–H and O–H groups in total. The van der Waals surface area contributed by atoms with E-state index in [9.17, 15) is 9.59 Å². The van der Waals surface area contributed by atoms with E-state index in [0.29, 0.717) is 18.0 Å². The molecule has 0 aliphatic heterocycles. The summed E-state index contributed by atoms with van der Waals surface area (Å²) in [5.74, 6) is -0.0694. The van der Waals surface area contributed by atoms with Gasteiger partial charge in [-0.3, -0.25) is 9.69 Å². The molecular weight excluding hydrogens is 282 g/mol. The van der Waals surface area contributed by atoms with E-state index in [1.807, 2.05) is 19.1 Å². The highest BCUT2D eigenvalue weighted by atomic mass is 16.6. The Bertz CT molecular complexity index is 546. The number of benzene rings is 1. The quantitative estimate of drug-likeness (QED) is 0.625. The van der Waals surface area contributed by atoms with Gasteiger partial charge >= 0.3 is 12.1 Å². The Morgan fingerprint density at radius 1 is 1.18 bits per heavy atom. The molecule has 0 saturated heterocycles. The molecule has 122 valence electrons. The fourth-order valence-electron chi connectivity index (χ4n) is 2.04. The fraction of sp³-hybridized carbons (Fsp3) is 0.529. The van der Waals surface area contributed by atoms with Crippen molar-refractivity contribution in [3.05, 3.63) is 23.8 Å². The average molecular weight is 307 g/mol. The SMILES string of the molecule is CCOC(=O)N(CC)c1cc(C(C)(C)C)ccc1OC(C)=O. The van der Waals surface area contributed by atoms with E-state index in [1.54, 1.807) is 13.0 Å². The molecule has 0 fully saturated rings. The summed E-state index contributed by atoms with van der Waals surface area (Å²) in [6, 6.07) is 5.50. The highest BCUT2D eigenvalue weighted by Crippen LogP contribution is 2.34. The van der Waals surface area contributed by atoms with Crippen LogP contribution < -0.4 is 9.64 Å². The number of rotatable bonds is 4. The van der Waals surface area contributed by atoms with Crippen LogP contribution in [0.15, 0.2) is 18.2 Å². The third-order valence-electron chi connectivity index (χ3n) is 3.17. The zero-order valence-corrected chi connectivity index (χ0v) is 14.2. The molecule has 22 heavy (non-hydrogen) atoms. The van der Waals surface area contributed by atoms with Gasteiger partial charge in [-0.05, 0) is 37.0 Å². The molecule has 5 nitrogen and oxygen atoms in total. The van der Waals surface area contributed by atoms with Gasteiger partial charge in [0.2, 0.25) is 0 Å². The van der Waals surface area contributed by atoms with Gasteiger partial charge in [-0.15, -0.1) is 0 Å². The van der Waals surface area contributed by atoms with Crippen molar-refractivity contribution in [1.82, 2.24) is 0 Å². The van der Waals surface area contributed by atoms with Crippen LogP contribution in [0.1, 0.15) is 47.1 Å². The Labute approximate surface area is 132 Å². The van der Waals surface area contributed by atoms with Crippen molar-refractivity contribution in [3.8, 4) is 5.75 Å². The molecule has 0 heterocycles. The molecular formula is C17H25NO4. The largest absolute Gasteiger partial charge is 0.449 e. The Balaban J connectivity index is 3.36. The van der Waals surface area contributed by atoms with Gasteiger partial charge in [0.15, 0.2) is 5.75 Å². The lowest BCUT2D eigenvalue weighted by Crippen LogP contribution is -2.32. The number of ether oxygens (including phenoxy) is 2. The Morgan fingerprint density at radius 3 is 2.27 bits per heavy atom. The summed E-state index contributed by atoms with van der Waals surface area (Å²) in [6.45, 7) is 11.9. The second kappa shape index (κ2) is 7.29. The Hall–Kier alpha value is -2.04. The van der Waals surface area contributed by atoms with Crippen LogP contribution in [-0.4, -0.2) is 25.2 Å². The highest BCUT2D eigenvalue weighted by Gasteiger charge is 2.23.